The van der Waals surface area contributed by atoms with Gasteiger partial charge in [0.25, 0.3) is 0 Å². The predicted octanol–water partition coefficient (Wildman–Crippen LogP) is 5.85. The summed E-state index contributed by atoms with van der Waals surface area (Å²) in [6, 6.07) is 19.5. The van der Waals surface area contributed by atoms with Crippen LogP contribution in [0.2, 0.25) is 10.0 Å². The number of hydrogen-bond donors (Lipinski definition) is 1. The van der Waals surface area contributed by atoms with E-state index in [1.165, 1.54) is 0 Å². The number of ether oxygens (including phenoxy) is 2. The van der Waals surface area contributed by atoms with E-state index in [-0.39, 0.29) is 6.04 Å². The molecule has 1 aliphatic heterocycles. The number of methoxy groups -OCH3 is 2. The van der Waals surface area contributed by atoms with E-state index in [0.717, 1.165) is 33.7 Å². The summed E-state index contributed by atoms with van der Waals surface area (Å²) in [5.74, 6) is 2.20. The molecular weight excluding hydrogens is 459 g/mol. The van der Waals surface area contributed by atoms with Crippen molar-refractivity contribution in [2.75, 3.05) is 14.2 Å². The van der Waals surface area contributed by atoms with E-state index in [9.17, 15) is 0 Å². The standard InChI is InChI=1S/C25H22Cl2N4O2/c1-32-23-10-8-15(11-24(23)33-2)20-13-21(30-29-20)25-28-19-5-3-4-6-22(19)31(25)14-16-7-9-17(26)12-18(16)27/h3-12,20,29H,13-14H2,1-2H3. The molecule has 0 amide bonds. The summed E-state index contributed by atoms with van der Waals surface area (Å²) in [6.45, 7) is 0.561. The van der Waals surface area contributed by atoms with Crippen molar-refractivity contribution in [1.82, 2.24) is 15.0 Å². The highest BCUT2D eigenvalue weighted by molar-refractivity contribution is 6.35. The van der Waals surface area contributed by atoms with E-state index >= 15 is 0 Å². The maximum absolute atomic E-state index is 6.48. The lowest BCUT2D eigenvalue weighted by molar-refractivity contribution is 0.354. The van der Waals surface area contributed by atoms with Gasteiger partial charge in [0, 0.05) is 16.5 Å². The van der Waals surface area contributed by atoms with E-state index in [1.54, 1.807) is 20.3 Å². The number of aromatic nitrogens is 2. The molecule has 168 valence electrons. The topological polar surface area (TPSA) is 60.7 Å². The van der Waals surface area contributed by atoms with Crippen molar-refractivity contribution in [3.63, 3.8) is 0 Å². The molecule has 1 unspecified atom stereocenters. The molecule has 33 heavy (non-hydrogen) atoms. The zero-order chi connectivity index (χ0) is 22.9. The van der Waals surface area contributed by atoms with Gasteiger partial charge in [-0.25, -0.2) is 4.98 Å². The quantitative estimate of drug-likeness (QED) is 0.376. The molecule has 0 saturated heterocycles. The molecule has 0 aliphatic carbocycles. The second kappa shape index (κ2) is 8.96. The van der Waals surface area contributed by atoms with Gasteiger partial charge in [0.1, 0.15) is 5.71 Å². The van der Waals surface area contributed by atoms with Gasteiger partial charge in [0.05, 0.1) is 37.8 Å². The van der Waals surface area contributed by atoms with Crippen LogP contribution < -0.4 is 14.9 Å². The fourth-order valence-electron chi connectivity index (χ4n) is 4.12. The molecule has 0 spiro atoms. The summed E-state index contributed by atoms with van der Waals surface area (Å²) in [7, 11) is 3.26. The van der Waals surface area contributed by atoms with E-state index in [1.807, 2.05) is 48.5 Å². The van der Waals surface area contributed by atoms with Crippen LogP contribution in [0.5, 0.6) is 11.5 Å². The summed E-state index contributed by atoms with van der Waals surface area (Å²) in [5.41, 5.74) is 8.11. The van der Waals surface area contributed by atoms with Crippen LogP contribution in [0.25, 0.3) is 11.0 Å². The second-order valence-electron chi connectivity index (χ2n) is 7.80. The molecule has 2 heterocycles. The number of fused-ring (bicyclic) bond motifs is 1. The Balaban J connectivity index is 1.49. The third kappa shape index (κ3) is 4.12. The smallest absolute Gasteiger partial charge is 0.161 e. The zero-order valence-electron chi connectivity index (χ0n) is 18.2. The molecule has 0 saturated carbocycles. The number of hydrogen-bond acceptors (Lipinski definition) is 5. The number of nitrogens with one attached hydrogen (secondary N) is 1. The lowest BCUT2D eigenvalue weighted by Crippen LogP contribution is -2.13. The number of imidazole rings is 1. The van der Waals surface area contributed by atoms with Crippen molar-refractivity contribution in [3.05, 3.63) is 87.7 Å². The van der Waals surface area contributed by atoms with Crippen molar-refractivity contribution in [3.8, 4) is 11.5 Å². The van der Waals surface area contributed by atoms with Crippen molar-refractivity contribution >= 4 is 39.9 Å². The van der Waals surface area contributed by atoms with Gasteiger partial charge in [-0.05, 0) is 47.5 Å². The van der Waals surface area contributed by atoms with Crippen LogP contribution >= 0.6 is 23.2 Å². The minimum atomic E-state index is 0.00666. The molecule has 6 nitrogen and oxygen atoms in total. The van der Waals surface area contributed by atoms with Gasteiger partial charge in [0.2, 0.25) is 0 Å². The molecular formula is C25H22Cl2N4O2. The lowest BCUT2D eigenvalue weighted by atomic mass is 10.0. The van der Waals surface area contributed by atoms with Crippen LogP contribution in [0.1, 0.15) is 29.4 Å². The Morgan fingerprint density at radius 2 is 1.82 bits per heavy atom. The van der Waals surface area contributed by atoms with Crippen LogP contribution in [-0.4, -0.2) is 29.5 Å². The summed E-state index contributed by atoms with van der Waals surface area (Å²) < 4.78 is 13.0. The third-order valence-electron chi connectivity index (χ3n) is 5.82. The molecule has 0 fully saturated rings. The first-order valence-corrected chi connectivity index (χ1v) is 11.3. The molecule has 1 aromatic heterocycles. The monoisotopic (exact) mass is 480 g/mol. The van der Waals surface area contributed by atoms with E-state index in [4.69, 9.17) is 37.7 Å². The first-order chi connectivity index (χ1) is 16.1. The Morgan fingerprint density at radius 1 is 1.00 bits per heavy atom. The summed E-state index contributed by atoms with van der Waals surface area (Å²) in [6.07, 6.45) is 0.688. The van der Waals surface area contributed by atoms with Crippen LogP contribution in [0.3, 0.4) is 0 Å². The number of halogens is 2. The highest BCUT2D eigenvalue weighted by atomic mass is 35.5. The summed E-state index contributed by atoms with van der Waals surface area (Å²) in [5, 5.41) is 5.89. The summed E-state index contributed by atoms with van der Waals surface area (Å²) >= 11 is 12.6. The van der Waals surface area contributed by atoms with E-state index < -0.39 is 0 Å². The average molecular weight is 481 g/mol. The molecule has 3 aromatic carbocycles. The molecule has 0 radical (unpaired) electrons. The molecule has 8 heteroatoms. The maximum Gasteiger partial charge on any atom is 0.161 e. The van der Waals surface area contributed by atoms with Crippen molar-refractivity contribution in [1.29, 1.82) is 0 Å². The van der Waals surface area contributed by atoms with Crippen molar-refractivity contribution in [2.24, 2.45) is 5.10 Å². The highest BCUT2D eigenvalue weighted by Crippen LogP contribution is 2.33. The first kappa shape index (κ1) is 21.6. The molecule has 4 aromatic rings. The normalized spacial score (nSPS) is 15.4. The fourth-order valence-corrected chi connectivity index (χ4v) is 4.59. The average Bonchev–Trinajstić information content (AvgIpc) is 3.45. The van der Waals surface area contributed by atoms with E-state index in [2.05, 4.69) is 21.2 Å². The van der Waals surface area contributed by atoms with Gasteiger partial charge in [-0.15, -0.1) is 0 Å². The minimum Gasteiger partial charge on any atom is -0.493 e. The molecule has 1 aliphatic rings. The molecule has 1 atom stereocenters. The first-order valence-electron chi connectivity index (χ1n) is 10.5. The fraction of sp³-hybridized carbons (Fsp3) is 0.200. The van der Waals surface area contributed by atoms with Gasteiger partial charge >= 0.3 is 0 Å². The van der Waals surface area contributed by atoms with Gasteiger partial charge in [-0.3, -0.25) is 0 Å². The Morgan fingerprint density at radius 3 is 2.61 bits per heavy atom. The second-order valence-corrected chi connectivity index (χ2v) is 8.65. The number of rotatable bonds is 6. The maximum atomic E-state index is 6.48. The van der Waals surface area contributed by atoms with Crippen molar-refractivity contribution < 1.29 is 9.47 Å². The predicted molar refractivity (Wildman–Crippen MR) is 132 cm³/mol. The highest BCUT2D eigenvalue weighted by Gasteiger charge is 2.26. The van der Waals surface area contributed by atoms with Gasteiger partial charge < -0.3 is 19.5 Å². The van der Waals surface area contributed by atoms with Crippen LogP contribution in [-0.2, 0) is 6.54 Å². The van der Waals surface area contributed by atoms with Crippen LogP contribution in [0.15, 0.2) is 65.8 Å². The minimum absolute atomic E-state index is 0.00666. The Bertz CT molecular complexity index is 1370. The Kier molecular flexibility index (Phi) is 5.87. The summed E-state index contributed by atoms with van der Waals surface area (Å²) in [4.78, 5) is 4.91. The van der Waals surface area contributed by atoms with Crippen LogP contribution in [0.4, 0.5) is 0 Å². The number of benzene rings is 3. The Hall–Kier alpha value is -3.22. The zero-order valence-corrected chi connectivity index (χ0v) is 19.7. The number of hydrazone groups is 1. The van der Waals surface area contributed by atoms with Crippen LogP contribution in [0, 0.1) is 0 Å². The largest absolute Gasteiger partial charge is 0.493 e. The van der Waals surface area contributed by atoms with Crippen molar-refractivity contribution in [2.45, 2.75) is 19.0 Å². The third-order valence-corrected chi connectivity index (χ3v) is 6.41. The Labute approximate surface area is 201 Å². The SMILES string of the molecule is COc1ccc(C2CC(c3nc4ccccc4n3Cc3ccc(Cl)cc3Cl)=NN2)cc1OC. The molecule has 0 bridgehead atoms. The van der Waals surface area contributed by atoms with Gasteiger partial charge in [-0.2, -0.15) is 5.10 Å². The number of nitrogens with zero attached hydrogens (tertiary/aromatic N) is 3. The molecule has 5 rings (SSSR count). The molecule has 1 N–H and O–H groups in total. The lowest BCUT2D eigenvalue weighted by Gasteiger charge is -2.14. The van der Waals surface area contributed by atoms with Gasteiger partial charge in [0.15, 0.2) is 17.3 Å². The van der Waals surface area contributed by atoms with E-state index in [0.29, 0.717) is 34.5 Å². The van der Waals surface area contributed by atoms with Gasteiger partial charge in [-0.1, -0.05) is 47.5 Å². The number of para-hydroxylation sites is 2.